The van der Waals surface area contributed by atoms with Gasteiger partial charge in [0.25, 0.3) is 0 Å². The summed E-state index contributed by atoms with van der Waals surface area (Å²) in [7, 11) is 0. The van der Waals surface area contributed by atoms with Crippen LogP contribution >= 0.6 is 15.9 Å². The minimum Gasteiger partial charge on any atom is -0.204 e. The topological polar surface area (TPSA) is 0 Å². The Kier molecular flexibility index (Phi) is 4.09. The van der Waals surface area contributed by atoms with Crippen LogP contribution in [0.25, 0.3) is 0 Å². The molecule has 1 aromatic rings. The molecule has 0 radical (unpaired) electrons. The lowest BCUT2D eigenvalue weighted by Crippen LogP contribution is -1.88. The molecule has 0 unspecified atom stereocenters. The molecule has 0 aliphatic carbocycles. The number of halogens is 3. The van der Waals surface area contributed by atoms with Gasteiger partial charge in [0.05, 0.1) is 0 Å². The number of allylic oxidation sites excluding steroid dienone is 1. The molecule has 0 N–H and O–H groups in total. The second-order valence-electron chi connectivity index (χ2n) is 2.65. The van der Waals surface area contributed by atoms with Gasteiger partial charge in [-0.1, -0.05) is 28.1 Å². The van der Waals surface area contributed by atoms with Gasteiger partial charge in [-0.15, -0.1) is 0 Å². The third-order valence-corrected chi connectivity index (χ3v) is 2.05. The maximum Gasteiger partial charge on any atom is 0.159 e. The van der Waals surface area contributed by atoms with Crippen LogP contribution in [0.4, 0.5) is 8.78 Å². The third kappa shape index (κ3) is 3.27. The lowest BCUT2D eigenvalue weighted by Gasteiger charge is -1.98. The lowest BCUT2D eigenvalue weighted by molar-refractivity contribution is 0.507. The van der Waals surface area contributed by atoms with Crippen molar-refractivity contribution < 1.29 is 8.78 Å². The normalized spacial score (nSPS) is 11.0. The van der Waals surface area contributed by atoms with E-state index in [1.807, 2.05) is 6.08 Å². The Hall–Kier alpha value is -0.700. The van der Waals surface area contributed by atoms with Crippen LogP contribution in [0.3, 0.4) is 0 Å². The van der Waals surface area contributed by atoms with Crippen molar-refractivity contribution in [3.05, 3.63) is 46.5 Å². The highest BCUT2D eigenvalue weighted by atomic mass is 79.9. The van der Waals surface area contributed by atoms with E-state index in [9.17, 15) is 8.78 Å². The maximum absolute atomic E-state index is 12.7. The zero-order valence-corrected chi connectivity index (χ0v) is 8.52. The molecule has 0 heterocycles. The summed E-state index contributed by atoms with van der Waals surface area (Å²) in [4.78, 5) is 1.76. The molecule has 13 heavy (non-hydrogen) atoms. The van der Waals surface area contributed by atoms with Crippen LogP contribution in [0.2, 0.25) is 0 Å². The summed E-state index contributed by atoms with van der Waals surface area (Å²) in [6, 6.07) is 3.99. The van der Waals surface area contributed by atoms with Gasteiger partial charge in [0.2, 0.25) is 0 Å². The molecule has 70 valence electrons. The second kappa shape index (κ2) is 5.12. The standard InChI is InChI=1S/C10H9BrF2/c11-6-2-1-3-8-4-5-9(12)10(13)7-8/h2,4-7H,1,3H2/b6-2+. The Morgan fingerprint density at radius 2 is 2.00 bits per heavy atom. The molecule has 0 saturated carbocycles. The van der Waals surface area contributed by atoms with E-state index < -0.39 is 11.6 Å². The van der Waals surface area contributed by atoms with Crippen LogP contribution < -0.4 is 0 Å². The van der Waals surface area contributed by atoms with Gasteiger partial charge in [0, 0.05) is 0 Å². The summed E-state index contributed by atoms with van der Waals surface area (Å²) >= 11 is 3.13. The average Bonchev–Trinajstić information content (AvgIpc) is 2.12. The van der Waals surface area contributed by atoms with Crippen LogP contribution in [-0.2, 0) is 6.42 Å². The van der Waals surface area contributed by atoms with E-state index in [1.54, 1.807) is 11.1 Å². The van der Waals surface area contributed by atoms with E-state index in [1.165, 1.54) is 6.07 Å². The molecule has 0 amide bonds. The average molecular weight is 247 g/mol. The summed E-state index contributed by atoms with van der Waals surface area (Å²) < 4.78 is 25.2. The number of aryl methyl sites for hydroxylation is 1. The molecular weight excluding hydrogens is 238 g/mol. The minimum atomic E-state index is -0.792. The van der Waals surface area contributed by atoms with Crippen LogP contribution in [0, 0.1) is 11.6 Å². The van der Waals surface area contributed by atoms with Gasteiger partial charge in [0.1, 0.15) is 0 Å². The maximum atomic E-state index is 12.7. The van der Waals surface area contributed by atoms with Gasteiger partial charge in [-0.05, 0) is 35.5 Å². The molecule has 0 fully saturated rings. The van der Waals surface area contributed by atoms with Gasteiger partial charge in [-0.25, -0.2) is 8.78 Å². The fourth-order valence-electron chi connectivity index (χ4n) is 1.01. The van der Waals surface area contributed by atoms with Gasteiger partial charge in [0.15, 0.2) is 11.6 Å². The molecule has 0 atom stereocenters. The predicted octanol–water partition coefficient (Wildman–Crippen LogP) is 3.81. The summed E-state index contributed by atoms with van der Waals surface area (Å²) in [5.74, 6) is -1.57. The minimum absolute atomic E-state index is 0.722. The molecule has 0 aliphatic heterocycles. The highest BCUT2D eigenvalue weighted by Gasteiger charge is 2.00. The first-order valence-electron chi connectivity index (χ1n) is 3.93. The second-order valence-corrected chi connectivity index (χ2v) is 3.18. The van der Waals surface area contributed by atoms with Crippen molar-refractivity contribution >= 4 is 15.9 Å². The fraction of sp³-hybridized carbons (Fsp3) is 0.200. The van der Waals surface area contributed by atoms with E-state index in [-0.39, 0.29) is 0 Å². The molecule has 0 saturated heterocycles. The Bertz CT molecular complexity index is 308. The van der Waals surface area contributed by atoms with Crippen molar-refractivity contribution in [1.82, 2.24) is 0 Å². The first-order chi connectivity index (χ1) is 6.24. The van der Waals surface area contributed by atoms with Crippen molar-refractivity contribution in [1.29, 1.82) is 0 Å². The Morgan fingerprint density at radius 3 is 2.62 bits per heavy atom. The first-order valence-corrected chi connectivity index (χ1v) is 4.85. The third-order valence-electron chi connectivity index (χ3n) is 1.67. The van der Waals surface area contributed by atoms with E-state index in [0.29, 0.717) is 0 Å². The van der Waals surface area contributed by atoms with Gasteiger partial charge in [-0.3, -0.25) is 0 Å². The van der Waals surface area contributed by atoms with Gasteiger partial charge < -0.3 is 0 Å². The van der Waals surface area contributed by atoms with Crippen molar-refractivity contribution in [3.8, 4) is 0 Å². The van der Waals surface area contributed by atoms with E-state index in [0.717, 1.165) is 24.5 Å². The first kappa shape index (κ1) is 10.4. The molecule has 0 aliphatic rings. The molecule has 1 aromatic carbocycles. The van der Waals surface area contributed by atoms with Crippen LogP contribution in [-0.4, -0.2) is 0 Å². The lowest BCUT2D eigenvalue weighted by atomic mass is 10.1. The van der Waals surface area contributed by atoms with Crippen LogP contribution in [0.15, 0.2) is 29.3 Å². The number of hydrogen-bond acceptors (Lipinski definition) is 0. The number of rotatable bonds is 3. The molecule has 0 spiro atoms. The van der Waals surface area contributed by atoms with Crippen LogP contribution in [0.5, 0.6) is 0 Å². The highest BCUT2D eigenvalue weighted by Crippen LogP contribution is 2.10. The monoisotopic (exact) mass is 246 g/mol. The predicted molar refractivity (Wildman–Crippen MR) is 52.7 cm³/mol. The summed E-state index contributed by atoms with van der Waals surface area (Å²) in [6.07, 6.45) is 3.46. The molecule has 1 rings (SSSR count). The largest absolute Gasteiger partial charge is 0.204 e. The Morgan fingerprint density at radius 1 is 1.23 bits per heavy atom. The number of benzene rings is 1. The zero-order valence-electron chi connectivity index (χ0n) is 6.93. The van der Waals surface area contributed by atoms with Crippen molar-refractivity contribution in [2.45, 2.75) is 12.8 Å². The van der Waals surface area contributed by atoms with Gasteiger partial charge in [-0.2, -0.15) is 0 Å². The van der Waals surface area contributed by atoms with Crippen molar-refractivity contribution in [3.63, 3.8) is 0 Å². The summed E-state index contributed by atoms with van der Waals surface area (Å²) in [5, 5.41) is 0. The molecular formula is C10H9BrF2. The number of hydrogen-bond donors (Lipinski definition) is 0. The summed E-state index contributed by atoms with van der Waals surface area (Å²) in [5.41, 5.74) is 0.810. The Balaban J connectivity index is 2.63. The fourth-order valence-corrected chi connectivity index (χ4v) is 1.27. The zero-order chi connectivity index (χ0) is 9.68. The molecule has 0 nitrogen and oxygen atoms in total. The van der Waals surface area contributed by atoms with E-state index in [2.05, 4.69) is 15.9 Å². The SMILES string of the molecule is Fc1ccc(CC/C=C/Br)cc1F. The molecule has 0 bridgehead atoms. The smallest absolute Gasteiger partial charge is 0.159 e. The van der Waals surface area contributed by atoms with E-state index >= 15 is 0 Å². The quantitative estimate of drug-likeness (QED) is 0.761. The molecule has 0 aromatic heterocycles. The summed E-state index contributed by atoms with van der Waals surface area (Å²) in [6.45, 7) is 0. The highest BCUT2D eigenvalue weighted by molar-refractivity contribution is 9.11. The van der Waals surface area contributed by atoms with Crippen LogP contribution in [0.1, 0.15) is 12.0 Å². The molecule has 3 heteroatoms. The van der Waals surface area contributed by atoms with Crippen molar-refractivity contribution in [2.75, 3.05) is 0 Å². The van der Waals surface area contributed by atoms with E-state index in [4.69, 9.17) is 0 Å². The van der Waals surface area contributed by atoms with Crippen molar-refractivity contribution in [2.24, 2.45) is 0 Å². The van der Waals surface area contributed by atoms with Gasteiger partial charge >= 0.3 is 0 Å². The Labute approximate surface area is 84.4 Å².